The summed E-state index contributed by atoms with van der Waals surface area (Å²) < 4.78 is 0. The van der Waals surface area contributed by atoms with Gasteiger partial charge in [-0.25, -0.2) is 4.79 Å². The molecular weight excluding hydrogens is 262 g/mol. The average molecular weight is 285 g/mol. The molecule has 0 aromatic heterocycles. The lowest BCUT2D eigenvalue weighted by Gasteiger charge is -2.43. The van der Waals surface area contributed by atoms with Crippen LogP contribution in [0, 0.1) is 5.92 Å². The number of carbonyl (C=O) groups excluding carboxylic acids is 1. The van der Waals surface area contributed by atoms with Crippen molar-refractivity contribution in [3.63, 3.8) is 0 Å². The van der Waals surface area contributed by atoms with E-state index < -0.39 is 0 Å². The molecule has 1 aliphatic carbocycles. The third-order valence-corrected chi connectivity index (χ3v) is 5.13. The van der Waals surface area contributed by atoms with Gasteiger partial charge in [0, 0.05) is 6.54 Å². The van der Waals surface area contributed by atoms with Crippen LogP contribution >= 0.6 is 0 Å². The van der Waals surface area contributed by atoms with Crippen molar-refractivity contribution in [1.29, 1.82) is 0 Å². The zero-order valence-electron chi connectivity index (χ0n) is 12.6. The van der Waals surface area contributed by atoms with Gasteiger partial charge in [-0.05, 0) is 37.2 Å². The largest absolute Gasteiger partial charge is 0.385 e. The Morgan fingerprint density at radius 2 is 1.95 bits per heavy atom. The number of hydrogen-bond donors (Lipinski definition) is 1. The average Bonchev–Trinajstić information content (AvgIpc) is 2.74. The highest BCUT2D eigenvalue weighted by molar-refractivity contribution is 6.05. The molecule has 4 heteroatoms. The van der Waals surface area contributed by atoms with Gasteiger partial charge in [0.2, 0.25) is 0 Å². The van der Waals surface area contributed by atoms with Crippen LogP contribution in [0.3, 0.4) is 0 Å². The van der Waals surface area contributed by atoms with Gasteiger partial charge in [-0.15, -0.1) is 0 Å². The molecule has 2 N–H and O–H groups in total. The molecule has 4 nitrogen and oxygen atoms in total. The van der Waals surface area contributed by atoms with Crippen LogP contribution in [0.5, 0.6) is 0 Å². The third-order valence-electron chi connectivity index (χ3n) is 5.13. The van der Waals surface area contributed by atoms with Crippen molar-refractivity contribution < 1.29 is 4.79 Å². The summed E-state index contributed by atoms with van der Waals surface area (Å²) in [4.78, 5) is 18.2. The number of carbonyl (C=O) groups is 1. The van der Waals surface area contributed by atoms with Crippen LogP contribution in [-0.4, -0.2) is 22.3 Å². The van der Waals surface area contributed by atoms with E-state index in [2.05, 4.69) is 11.9 Å². The molecule has 1 aromatic carbocycles. The quantitative estimate of drug-likeness (QED) is 0.926. The fourth-order valence-corrected chi connectivity index (χ4v) is 3.66. The van der Waals surface area contributed by atoms with Crippen molar-refractivity contribution in [2.75, 3.05) is 0 Å². The number of amidine groups is 1. The minimum Gasteiger partial charge on any atom is -0.385 e. The molecule has 1 aromatic rings. The second-order valence-electron chi connectivity index (χ2n) is 6.23. The Morgan fingerprint density at radius 3 is 2.57 bits per heavy atom. The zero-order valence-corrected chi connectivity index (χ0v) is 12.6. The molecule has 3 rings (SSSR count). The fraction of sp³-hybridized carbons (Fsp3) is 0.529. The fourth-order valence-electron chi connectivity index (χ4n) is 3.66. The van der Waals surface area contributed by atoms with Crippen molar-refractivity contribution >= 4 is 11.9 Å². The number of rotatable bonds is 3. The van der Waals surface area contributed by atoms with Crippen molar-refractivity contribution in [3.8, 4) is 0 Å². The molecular formula is C17H23N3O. The van der Waals surface area contributed by atoms with E-state index in [1.165, 1.54) is 6.42 Å². The maximum Gasteiger partial charge on any atom is 0.346 e. The summed E-state index contributed by atoms with van der Waals surface area (Å²) in [5, 5.41) is 0. The molecule has 2 amide bonds. The standard InChI is InChI=1S/C17H23N3O/c1-2-13-8-10-17(11-9-13)15(18)19-16(21)20(17)12-14-6-4-3-5-7-14/h3-7,13H,2,8-12H2,1H3,(H2,18,19,21). The first-order valence-corrected chi connectivity index (χ1v) is 7.86. The molecule has 0 saturated heterocycles. The van der Waals surface area contributed by atoms with Crippen LogP contribution in [0.4, 0.5) is 4.79 Å². The second-order valence-corrected chi connectivity index (χ2v) is 6.23. The lowest BCUT2D eigenvalue weighted by molar-refractivity contribution is 0.120. The molecule has 21 heavy (non-hydrogen) atoms. The van der Waals surface area contributed by atoms with Crippen LogP contribution in [0.1, 0.15) is 44.6 Å². The van der Waals surface area contributed by atoms with E-state index in [1.54, 1.807) is 0 Å². The normalized spacial score (nSPS) is 29.0. The number of hydrogen-bond acceptors (Lipinski definition) is 2. The van der Waals surface area contributed by atoms with Crippen molar-refractivity contribution in [2.45, 2.75) is 51.1 Å². The molecule has 1 aliphatic heterocycles. The summed E-state index contributed by atoms with van der Waals surface area (Å²) in [5.41, 5.74) is 6.95. The van der Waals surface area contributed by atoms with Crippen molar-refractivity contribution in [1.82, 2.24) is 4.90 Å². The summed E-state index contributed by atoms with van der Waals surface area (Å²) in [6.07, 6.45) is 5.36. The van der Waals surface area contributed by atoms with Gasteiger partial charge in [0.05, 0.1) is 0 Å². The van der Waals surface area contributed by atoms with E-state index in [4.69, 9.17) is 5.73 Å². The topological polar surface area (TPSA) is 58.7 Å². The Balaban J connectivity index is 1.83. The molecule has 1 fully saturated rings. The molecule has 0 radical (unpaired) electrons. The van der Waals surface area contributed by atoms with E-state index in [-0.39, 0.29) is 11.6 Å². The molecule has 0 atom stereocenters. The SMILES string of the molecule is CCC1CCC2(CC1)C(N)=NC(=O)N2Cc1ccccc1. The van der Waals surface area contributed by atoms with Gasteiger partial charge >= 0.3 is 6.03 Å². The van der Waals surface area contributed by atoms with Gasteiger partial charge < -0.3 is 10.6 Å². The Labute approximate surface area is 126 Å². The molecule has 1 spiro atoms. The van der Waals surface area contributed by atoms with E-state index in [0.29, 0.717) is 12.4 Å². The van der Waals surface area contributed by atoms with Gasteiger partial charge in [0.25, 0.3) is 0 Å². The van der Waals surface area contributed by atoms with Crippen LogP contribution < -0.4 is 5.73 Å². The Kier molecular flexibility index (Phi) is 3.70. The maximum absolute atomic E-state index is 12.3. The summed E-state index contributed by atoms with van der Waals surface area (Å²) in [5.74, 6) is 1.29. The summed E-state index contributed by atoms with van der Waals surface area (Å²) in [6, 6.07) is 9.91. The molecule has 2 aliphatic rings. The molecule has 1 heterocycles. The number of nitrogens with two attached hydrogens (primary N) is 1. The van der Waals surface area contributed by atoms with Gasteiger partial charge in [0.15, 0.2) is 0 Å². The molecule has 0 unspecified atom stereocenters. The van der Waals surface area contributed by atoms with Crippen LogP contribution in [-0.2, 0) is 6.54 Å². The van der Waals surface area contributed by atoms with E-state index in [9.17, 15) is 4.79 Å². The highest BCUT2D eigenvalue weighted by atomic mass is 16.2. The molecule has 1 saturated carbocycles. The summed E-state index contributed by atoms with van der Waals surface area (Å²) >= 11 is 0. The number of benzene rings is 1. The van der Waals surface area contributed by atoms with Crippen LogP contribution in [0.15, 0.2) is 35.3 Å². The summed E-state index contributed by atoms with van der Waals surface area (Å²) in [7, 11) is 0. The predicted octanol–water partition coefficient (Wildman–Crippen LogP) is 3.32. The first-order chi connectivity index (χ1) is 10.2. The van der Waals surface area contributed by atoms with Crippen molar-refractivity contribution in [2.24, 2.45) is 16.6 Å². The third kappa shape index (κ3) is 2.43. The Bertz CT molecular complexity index is 544. The number of amides is 2. The monoisotopic (exact) mass is 285 g/mol. The first-order valence-electron chi connectivity index (χ1n) is 7.86. The minimum atomic E-state index is -0.335. The number of urea groups is 1. The van der Waals surface area contributed by atoms with E-state index in [0.717, 1.165) is 37.2 Å². The first kappa shape index (κ1) is 14.1. The summed E-state index contributed by atoms with van der Waals surface area (Å²) in [6.45, 7) is 2.84. The Morgan fingerprint density at radius 1 is 1.29 bits per heavy atom. The molecule has 0 bridgehead atoms. The minimum absolute atomic E-state index is 0.175. The lowest BCUT2D eigenvalue weighted by Crippen LogP contribution is -2.55. The highest BCUT2D eigenvalue weighted by Crippen LogP contribution is 2.41. The maximum atomic E-state index is 12.3. The van der Waals surface area contributed by atoms with Crippen LogP contribution in [0.2, 0.25) is 0 Å². The lowest BCUT2D eigenvalue weighted by atomic mass is 9.74. The number of aliphatic imine (C=N–C) groups is 1. The predicted molar refractivity (Wildman–Crippen MR) is 84.0 cm³/mol. The Hall–Kier alpha value is -1.84. The zero-order chi connectivity index (χ0) is 14.9. The van der Waals surface area contributed by atoms with Gasteiger partial charge in [0.1, 0.15) is 11.4 Å². The van der Waals surface area contributed by atoms with Crippen molar-refractivity contribution in [3.05, 3.63) is 35.9 Å². The van der Waals surface area contributed by atoms with Crippen LogP contribution in [0.25, 0.3) is 0 Å². The second kappa shape index (κ2) is 5.51. The number of nitrogens with zero attached hydrogens (tertiary/aromatic N) is 2. The molecule has 112 valence electrons. The van der Waals surface area contributed by atoms with Gasteiger partial charge in [-0.1, -0.05) is 43.7 Å². The van der Waals surface area contributed by atoms with Gasteiger partial charge in [-0.2, -0.15) is 4.99 Å². The van der Waals surface area contributed by atoms with E-state index >= 15 is 0 Å². The van der Waals surface area contributed by atoms with E-state index in [1.807, 2.05) is 35.2 Å². The smallest absolute Gasteiger partial charge is 0.346 e. The van der Waals surface area contributed by atoms with Gasteiger partial charge in [-0.3, -0.25) is 0 Å². The highest BCUT2D eigenvalue weighted by Gasteiger charge is 2.49.